The van der Waals surface area contributed by atoms with E-state index in [0.717, 1.165) is 10.0 Å². The second-order valence-electron chi connectivity index (χ2n) is 4.12. The average Bonchev–Trinajstić information content (AvgIpc) is 2.42. The molecule has 0 unspecified atom stereocenters. The van der Waals surface area contributed by atoms with E-state index in [1.54, 1.807) is 6.07 Å². The summed E-state index contributed by atoms with van der Waals surface area (Å²) in [6.45, 7) is 1.85. The molecule has 0 aliphatic rings. The number of anilines is 1. The molecule has 2 N–H and O–H groups in total. The average molecular weight is 335 g/mol. The Labute approximate surface area is 123 Å². The minimum Gasteiger partial charge on any atom is -0.478 e. The fraction of sp³-hybridized carbons (Fsp3) is 0.0714. The number of carbonyl (C=O) groups excluding carboxylic acids is 1. The number of carbonyl (C=O) groups is 2. The van der Waals surface area contributed by atoms with E-state index in [-0.39, 0.29) is 11.3 Å². The van der Waals surface area contributed by atoms with E-state index >= 15 is 0 Å². The van der Waals surface area contributed by atoms with Gasteiger partial charge in [-0.25, -0.2) is 4.79 Å². The number of amides is 1. The Hall–Kier alpha value is -2.21. The number of aromatic nitrogens is 1. The number of benzene rings is 1. The molecule has 1 aromatic heterocycles. The summed E-state index contributed by atoms with van der Waals surface area (Å²) in [5, 5.41) is 11.7. The van der Waals surface area contributed by atoms with Crippen molar-refractivity contribution < 1.29 is 14.7 Å². The van der Waals surface area contributed by atoms with Crippen LogP contribution in [0.2, 0.25) is 0 Å². The Balaban J connectivity index is 2.33. The largest absolute Gasteiger partial charge is 0.478 e. The molecule has 5 nitrogen and oxygen atoms in total. The first-order valence-corrected chi connectivity index (χ1v) is 6.54. The Kier molecular flexibility index (Phi) is 4.14. The molecule has 0 aliphatic heterocycles. The number of hydrogen-bond donors (Lipinski definition) is 2. The minimum absolute atomic E-state index is 0.112. The van der Waals surface area contributed by atoms with Gasteiger partial charge < -0.3 is 10.4 Å². The van der Waals surface area contributed by atoms with E-state index in [1.165, 1.54) is 18.3 Å². The molecular formula is C14H11BrN2O3. The number of aromatic carboxylic acids is 1. The van der Waals surface area contributed by atoms with Crippen LogP contribution in [0.4, 0.5) is 5.69 Å². The minimum atomic E-state index is -1.19. The highest BCUT2D eigenvalue weighted by molar-refractivity contribution is 9.10. The molecule has 0 atom stereocenters. The van der Waals surface area contributed by atoms with Crippen molar-refractivity contribution in [3.8, 4) is 0 Å². The summed E-state index contributed by atoms with van der Waals surface area (Å²) >= 11 is 3.32. The molecule has 0 fully saturated rings. The van der Waals surface area contributed by atoms with Crippen molar-refractivity contribution in [2.75, 3.05) is 5.32 Å². The summed E-state index contributed by atoms with van der Waals surface area (Å²) in [5.74, 6) is -1.74. The van der Waals surface area contributed by atoms with Crippen molar-refractivity contribution in [1.29, 1.82) is 0 Å². The van der Waals surface area contributed by atoms with E-state index in [0.29, 0.717) is 5.69 Å². The Bertz CT molecular complexity index is 686. The van der Waals surface area contributed by atoms with Crippen LogP contribution in [-0.4, -0.2) is 22.0 Å². The summed E-state index contributed by atoms with van der Waals surface area (Å²) in [6.07, 6.45) is 1.38. The van der Waals surface area contributed by atoms with Crippen LogP contribution < -0.4 is 5.32 Å². The zero-order valence-corrected chi connectivity index (χ0v) is 12.1. The molecule has 102 valence electrons. The molecule has 0 saturated heterocycles. The van der Waals surface area contributed by atoms with Crippen LogP contribution in [0.3, 0.4) is 0 Å². The van der Waals surface area contributed by atoms with Crippen LogP contribution in [0.15, 0.2) is 41.0 Å². The predicted molar refractivity (Wildman–Crippen MR) is 78.0 cm³/mol. The SMILES string of the molecule is Cc1ccc(Br)cc1NC(=O)c1ncccc1C(=O)O. The summed E-state index contributed by atoms with van der Waals surface area (Å²) in [7, 11) is 0. The molecule has 2 aromatic rings. The third kappa shape index (κ3) is 3.03. The maximum atomic E-state index is 12.2. The van der Waals surface area contributed by atoms with Crippen LogP contribution in [-0.2, 0) is 0 Å². The lowest BCUT2D eigenvalue weighted by Gasteiger charge is -2.09. The summed E-state index contributed by atoms with van der Waals surface area (Å²) < 4.78 is 0.817. The van der Waals surface area contributed by atoms with Crippen molar-refractivity contribution in [1.82, 2.24) is 4.98 Å². The fourth-order valence-electron chi connectivity index (χ4n) is 1.67. The molecule has 0 spiro atoms. The second-order valence-corrected chi connectivity index (χ2v) is 5.03. The first kappa shape index (κ1) is 14.2. The van der Waals surface area contributed by atoms with Gasteiger partial charge in [-0.05, 0) is 36.8 Å². The first-order chi connectivity index (χ1) is 9.49. The second kappa shape index (κ2) is 5.83. The molecular weight excluding hydrogens is 324 g/mol. The van der Waals surface area contributed by atoms with E-state index in [1.807, 2.05) is 19.1 Å². The highest BCUT2D eigenvalue weighted by atomic mass is 79.9. The molecule has 0 saturated carbocycles. The third-order valence-electron chi connectivity index (χ3n) is 2.70. The lowest BCUT2D eigenvalue weighted by atomic mass is 10.1. The quantitative estimate of drug-likeness (QED) is 0.903. The molecule has 1 amide bonds. The van der Waals surface area contributed by atoms with Crippen molar-refractivity contribution in [2.45, 2.75) is 6.92 Å². The van der Waals surface area contributed by atoms with Crippen LogP contribution in [0, 0.1) is 6.92 Å². The number of carboxylic acids is 1. The van der Waals surface area contributed by atoms with Gasteiger partial charge in [0.2, 0.25) is 0 Å². The third-order valence-corrected chi connectivity index (χ3v) is 3.19. The first-order valence-electron chi connectivity index (χ1n) is 5.75. The lowest BCUT2D eigenvalue weighted by molar-refractivity contribution is 0.0691. The number of nitrogens with one attached hydrogen (secondary N) is 1. The van der Waals surface area contributed by atoms with Crippen LogP contribution in [0.25, 0.3) is 0 Å². The molecule has 6 heteroatoms. The molecule has 0 aliphatic carbocycles. The molecule has 1 heterocycles. The normalized spacial score (nSPS) is 10.1. The number of halogens is 1. The molecule has 1 aromatic carbocycles. The number of hydrogen-bond acceptors (Lipinski definition) is 3. The number of nitrogens with zero attached hydrogens (tertiary/aromatic N) is 1. The van der Waals surface area contributed by atoms with Gasteiger partial charge >= 0.3 is 5.97 Å². The van der Waals surface area contributed by atoms with Gasteiger partial charge in [-0.15, -0.1) is 0 Å². The Morgan fingerprint density at radius 2 is 2.05 bits per heavy atom. The number of pyridine rings is 1. The molecule has 2 rings (SSSR count). The lowest BCUT2D eigenvalue weighted by Crippen LogP contribution is -2.18. The maximum absolute atomic E-state index is 12.2. The zero-order valence-electron chi connectivity index (χ0n) is 10.6. The fourth-order valence-corrected chi connectivity index (χ4v) is 2.03. The zero-order chi connectivity index (χ0) is 14.7. The topological polar surface area (TPSA) is 79.3 Å². The summed E-state index contributed by atoms with van der Waals surface area (Å²) in [4.78, 5) is 27.1. The monoisotopic (exact) mass is 334 g/mol. The maximum Gasteiger partial charge on any atom is 0.338 e. The summed E-state index contributed by atoms with van der Waals surface area (Å²) in [5.41, 5.74) is 1.23. The highest BCUT2D eigenvalue weighted by Gasteiger charge is 2.18. The van der Waals surface area contributed by atoms with Gasteiger partial charge in [0.1, 0.15) is 5.69 Å². The van der Waals surface area contributed by atoms with E-state index in [4.69, 9.17) is 5.11 Å². The van der Waals surface area contributed by atoms with Gasteiger partial charge in [0.25, 0.3) is 5.91 Å². The number of carboxylic acid groups (broad SMARTS) is 1. The standard InChI is InChI=1S/C14H11BrN2O3/c1-8-4-5-9(15)7-11(8)17-13(18)12-10(14(19)20)3-2-6-16-12/h2-7H,1H3,(H,17,18)(H,19,20). The van der Waals surface area contributed by atoms with Gasteiger partial charge in [-0.2, -0.15) is 0 Å². The van der Waals surface area contributed by atoms with Gasteiger partial charge in [0, 0.05) is 16.4 Å². The van der Waals surface area contributed by atoms with Crippen LogP contribution >= 0.6 is 15.9 Å². The van der Waals surface area contributed by atoms with Gasteiger partial charge in [0.15, 0.2) is 0 Å². The van der Waals surface area contributed by atoms with Gasteiger partial charge in [-0.3, -0.25) is 9.78 Å². The Morgan fingerprint density at radius 1 is 1.30 bits per heavy atom. The van der Waals surface area contributed by atoms with Crippen molar-refractivity contribution in [3.05, 3.63) is 57.8 Å². The smallest absolute Gasteiger partial charge is 0.338 e. The van der Waals surface area contributed by atoms with E-state index in [2.05, 4.69) is 26.2 Å². The number of aryl methyl sites for hydroxylation is 1. The summed E-state index contributed by atoms with van der Waals surface area (Å²) in [6, 6.07) is 8.27. The number of rotatable bonds is 3. The van der Waals surface area contributed by atoms with E-state index in [9.17, 15) is 9.59 Å². The van der Waals surface area contributed by atoms with Crippen molar-refractivity contribution in [2.24, 2.45) is 0 Å². The van der Waals surface area contributed by atoms with Crippen LogP contribution in [0.1, 0.15) is 26.4 Å². The highest BCUT2D eigenvalue weighted by Crippen LogP contribution is 2.21. The molecule has 20 heavy (non-hydrogen) atoms. The van der Waals surface area contributed by atoms with Crippen LogP contribution in [0.5, 0.6) is 0 Å². The molecule has 0 radical (unpaired) electrons. The van der Waals surface area contributed by atoms with Gasteiger partial charge in [-0.1, -0.05) is 22.0 Å². The van der Waals surface area contributed by atoms with E-state index < -0.39 is 11.9 Å². The Morgan fingerprint density at radius 3 is 2.75 bits per heavy atom. The van der Waals surface area contributed by atoms with Crippen molar-refractivity contribution >= 4 is 33.5 Å². The molecule has 0 bridgehead atoms. The predicted octanol–water partition coefficient (Wildman–Crippen LogP) is 3.10. The van der Waals surface area contributed by atoms with Gasteiger partial charge in [0.05, 0.1) is 5.56 Å². The van der Waals surface area contributed by atoms with Crippen molar-refractivity contribution in [3.63, 3.8) is 0 Å².